The van der Waals surface area contributed by atoms with Gasteiger partial charge in [0.15, 0.2) is 5.82 Å². The van der Waals surface area contributed by atoms with E-state index in [2.05, 4.69) is 26.9 Å². The molecule has 2 aromatic heterocycles. The third kappa shape index (κ3) is 3.80. The first-order chi connectivity index (χ1) is 11.2. The summed E-state index contributed by atoms with van der Waals surface area (Å²) in [6, 6.07) is 3.73. The molecule has 7 nitrogen and oxygen atoms in total. The van der Waals surface area contributed by atoms with Crippen LogP contribution in [0.3, 0.4) is 0 Å². The molecule has 2 atom stereocenters. The van der Waals surface area contributed by atoms with Crippen molar-refractivity contribution in [2.75, 3.05) is 32.7 Å². The van der Waals surface area contributed by atoms with Crippen LogP contribution in [0.4, 0.5) is 0 Å². The summed E-state index contributed by atoms with van der Waals surface area (Å²) in [7, 11) is 0. The van der Waals surface area contributed by atoms with Gasteiger partial charge < -0.3 is 14.0 Å². The fraction of sp³-hybridized carbons (Fsp3) is 0.625. The van der Waals surface area contributed by atoms with Crippen molar-refractivity contribution in [3.63, 3.8) is 0 Å². The molecular formula is C16H24N4O3. The van der Waals surface area contributed by atoms with Crippen LogP contribution < -0.4 is 0 Å². The number of aliphatic hydroxyl groups is 1. The Morgan fingerprint density at radius 1 is 1.30 bits per heavy atom. The third-order valence-corrected chi connectivity index (χ3v) is 4.41. The van der Waals surface area contributed by atoms with Crippen LogP contribution in [0.15, 0.2) is 27.3 Å². The fourth-order valence-corrected chi connectivity index (χ4v) is 2.89. The Kier molecular flexibility index (Phi) is 5.09. The predicted molar refractivity (Wildman–Crippen MR) is 83.8 cm³/mol. The number of piperazine rings is 1. The number of rotatable bonds is 6. The van der Waals surface area contributed by atoms with E-state index in [1.807, 2.05) is 13.0 Å². The number of furan rings is 1. The van der Waals surface area contributed by atoms with Gasteiger partial charge in [-0.1, -0.05) is 12.1 Å². The molecule has 1 N–H and O–H groups in total. The highest BCUT2D eigenvalue weighted by Crippen LogP contribution is 2.21. The van der Waals surface area contributed by atoms with Crippen molar-refractivity contribution in [2.45, 2.75) is 32.4 Å². The lowest BCUT2D eigenvalue weighted by Gasteiger charge is -2.37. The molecule has 23 heavy (non-hydrogen) atoms. The Bertz CT molecular complexity index is 590. The molecule has 0 saturated carbocycles. The minimum atomic E-state index is -0.572. The van der Waals surface area contributed by atoms with Crippen molar-refractivity contribution in [2.24, 2.45) is 0 Å². The van der Waals surface area contributed by atoms with Crippen LogP contribution in [-0.2, 0) is 6.42 Å². The van der Waals surface area contributed by atoms with E-state index in [-0.39, 0.29) is 6.04 Å². The standard InChI is InChI=1S/C16H24N4O3/c1-3-15-17-16(23-18-15)12(2)20-8-6-19(7-9-20)11-13(21)14-5-4-10-22-14/h4-5,10,12-13,21H,3,6-9,11H2,1-2H3/t12-,13-/m1/s1. The molecule has 0 radical (unpaired) electrons. The highest BCUT2D eigenvalue weighted by Gasteiger charge is 2.26. The van der Waals surface area contributed by atoms with E-state index in [9.17, 15) is 5.11 Å². The minimum Gasteiger partial charge on any atom is -0.467 e. The van der Waals surface area contributed by atoms with Crippen LogP contribution in [0.25, 0.3) is 0 Å². The van der Waals surface area contributed by atoms with Gasteiger partial charge >= 0.3 is 0 Å². The van der Waals surface area contributed by atoms with Gasteiger partial charge in [0.25, 0.3) is 0 Å². The quantitative estimate of drug-likeness (QED) is 0.866. The Morgan fingerprint density at radius 3 is 2.70 bits per heavy atom. The third-order valence-electron chi connectivity index (χ3n) is 4.41. The second-order valence-corrected chi connectivity index (χ2v) is 5.95. The maximum atomic E-state index is 10.2. The van der Waals surface area contributed by atoms with Crippen molar-refractivity contribution in [3.05, 3.63) is 35.9 Å². The monoisotopic (exact) mass is 320 g/mol. The number of nitrogens with zero attached hydrogens (tertiary/aromatic N) is 4. The number of β-amino-alcohol motifs (C(OH)–C–C–N with tert-alkyl or cyclic N) is 1. The van der Waals surface area contributed by atoms with Gasteiger partial charge in [-0.3, -0.25) is 9.80 Å². The van der Waals surface area contributed by atoms with Gasteiger partial charge in [0.05, 0.1) is 12.3 Å². The van der Waals surface area contributed by atoms with Gasteiger partial charge in [0.1, 0.15) is 11.9 Å². The van der Waals surface area contributed by atoms with Crippen molar-refractivity contribution in [3.8, 4) is 0 Å². The second kappa shape index (κ2) is 7.25. The number of aromatic nitrogens is 2. The summed E-state index contributed by atoms with van der Waals surface area (Å²) in [6.07, 6.45) is 1.80. The molecule has 0 spiro atoms. The van der Waals surface area contributed by atoms with Crippen LogP contribution in [0.2, 0.25) is 0 Å². The normalized spacial score (nSPS) is 19.8. The first-order valence-electron chi connectivity index (χ1n) is 8.17. The molecule has 1 saturated heterocycles. The van der Waals surface area contributed by atoms with Crippen molar-refractivity contribution < 1.29 is 14.0 Å². The van der Waals surface area contributed by atoms with E-state index in [0.717, 1.165) is 38.4 Å². The van der Waals surface area contributed by atoms with Gasteiger partial charge in [0, 0.05) is 39.1 Å². The predicted octanol–water partition coefficient (Wildman–Crippen LogP) is 1.64. The summed E-state index contributed by atoms with van der Waals surface area (Å²) in [5, 5.41) is 14.1. The van der Waals surface area contributed by atoms with E-state index in [1.165, 1.54) is 0 Å². The zero-order chi connectivity index (χ0) is 16.2. The largest absolute Gasteiger partial charge is 0.467 e. The average molecular weight is 320 g/mol. The molecule has 3 heterocycles. The highest BCUT2D eigenvalue weighted by molar-refractivity contribution is 5.02. The van der Waals surface area contributed by atoms with Crippen LogP contribution in [0.5, 0.6) is 0 Å². The van der Waals surface area contributed by atoms with E-state index in [4.69, 9.17) is 8.94 Å². The summed E-state index contributed by atoms with van der Waals surface area (Å²) in [4.78, 5) is 9.01. The number of hydrogen-bond donors (Lipinski definition) is 1. The topological polar surface area (TPSA) is 78.8 Å². The molecule has 1 fully saturated rings. The lowest BCUT2D eigenvalue weighted by Crippen LogP contribution is -2.48. The molecule has 0 aliphatic carbocycles. The Labute approximate surface area is 135 Å². The molecule has 2 aromatic rings. The molecule has 0 unspecified atom stereocenters. The molecule has 1 aliphatic rings. The van der Waals surface area contributed by atoms with Crippen LogP contribution in [0, 0.1) is 0 Å². The Balaban J connectivity index is 1.50. The Morgan fingerprint density at radius 2 is 2.09 bits per heavy atom. The zero-order valence-corrected chi connectivity index (χ0v) is 13.7. The molecule has 0 aromatic carbocycles. The van der Waals surface area contributed by atoms with Gasteiger partial charge in [-0.25, -0.2) is 0 Å². The van der Waals surface area contributed by atoms with Gasteiger partial charge in [-0.15, -0.1) is 0 Å². The first-order valence-corrected chi connectivity index (χ1v) is 8.17. The van der Waals surface area contributed by atoms with Crippen LogP contribution in [-0.4, -0.2) is 57.8 Å². The maximum absolute atomic E-state index is 10.2. The van der Waals surface area contributed by atoms with Crippen LogP contribution in [0.1, 0.15) is 43.5 Å². The Hall–Kier alpha value is -1.70. The SMILES string of the molecule is CCc1noc([C@@H](C)N2CCN(C[C@@H](O)c3ccco3)CC2)n1. The number of aliphatic hydroxyl groups excluding tert-OH is 1. The fourth-order valence-electron chi connectivity index (χ4n) is 2.89. The van der Waals surface area contributed by atoms with E-state index < -0.39 is 6.10 Å². The molecule has 3 rings (SSSR count). The molecule has 1 aliphatic heterocycles. The van der Waals surface area contributed by atoms with Crippen molar-refractivity contribution in [1.82, 2.24) is 19.9 Å². The summed E-state index contributed by atoms with van der Waals surface area (Å²) in [5.74, 6) is 2.07. The summed E-state index contributed by atoms with van der Waals surface area (Å²) in [6.45, 7) is 8.33. The van der Waals surface area contributed by atoms with Gasteiger partial charge in [0.2, 0.25) is 5.89 Å². The maximum Gasteiger partial charge on any atom is 0.243 e. The van der Waals surface area contributed by atoms with Gasteiger partial charge in [-0.05, 0) is 19.1 Å². The van der Waals surface area contributed by atoms with E-state index in [0.29, 0.717) is 18.2 Å². The van der Waals surface area contributed by atoms with Crippen LogP contribution >= 0.6 is 0 Å². The summed E-state index contributed by atoms with van der Waals surface area (Å²) < 4.78 is 10.6. The molecule has 0 bridgehead atoms. The van der Waals surface area contributed by atoms with E-state index in [1.54, 1.807) is 12.3 Å². The van der Waals surface area contributed by atoms with Crippen molar-refractivity contribution >= 4 is 0 Å². The summed E-state index contributed by atoms with van der Waals surface area (Å²) in [5.41, 5.74) is 0. The lowest BCUT2D eigenvalue weighted by molar-refractivity contribution is 0.0452. The molecule has 0 amide bonds. The molecule has 7 heteroatoms. The average Bonchev–Trinajstić information content (AvgIpc) is 3.26. The number of hydrogen-bond acceptors (Lipinski definition) is 7. The first kappa shape index (κ1) is 16.2. The lowest BCUT2D eigenvalue weighted by atomic mass is 10.2. The highest BCUT2D eigenvalue weighted by atomic mass is 16.5. The molecule has 126 valence electrons. The second-order valence-electron chi connectivity index (χ2n) is 5.95. The van der Waals surface area contributed by atoms with E-state index >= 15 is 0 Å². The van der Waals surface area contributed by atoms with Crippen molar-refractivity contribution in [1.29, 1.82) is 0 Å². The smallest absolute Gasteiger partial charge is 0.243 e. The van der Waals surface area contributed by atoms with Gasteiger partial charge in [-0.2, -0.15) is 4.98 Å². The zero-order valence-electron chi connectivity index (χ0n) is 13.7. The summed E-state index contributed by atoms with van der Waals surface area (Å²) >= 11 is 0. The molecular weight excluding hydrogens is 296 g/mol. The number of aryl methyl sites for hydroxylation is 1. The minimum absolute atomic E-state index is 0.125.